The fourth-order valence-electron chi connectivity index (χ4n) is 2.54. The second kappa shape index (κ2) is 7.23. The van der Waals surface area contributed by atoms with Crippen LogP contribution in [0.2, 0.25) is 0 Å². The molecule has 0 aromatic carbocycles. The molecule has 6 nitrogen and oxygen atoms in total. The van der Waals surface area contributed by atoms with Gasteiger partial charge in [0.15, 0.2) is 5.82 Å². The van der Waals surface area contributed by atoms with Gasteiger partial charge in [0.05, 0.1) is 16.4 Å². The van der Waals surface area contributed by atoms with Gasteiger partial charge in [-0.2, -0.15) is 9.78 Å². The Kier molecular flexibility index (Phi) is 5.15. The molecule has 0 fully saturated rings. The van der Waals surface area contributed by atoms with E-state index in [-0.39, 0.29) is 11.3 Å². The van der Waals surface area contributed by atoms with Crippen molar-refractivity contribution in [3.05, 3.63) is 51.7 Å². The van der Waals surface area contributed by atoms with Crippen LogP contribution in [0.1, 0.15) is 66.6 Å². The van der Waals surface area contributed by atoms with Gasteiger partial charge in [-0.25, -0.2) is 9.97 Å². The predicted molar refractivity (Wildman–Crippen MR) is 109 cm³/mol. The molecule has 0 aliphatic carbocycles. The first-order chi connectivity index (χ1) is 12.7. The van der Waals surface area contributed by atoms with E-state index in [1.807, 2.05) is 31.2 Å². The van der Waals surface area contributed by atoms with E-state index in [1.165, 1.54) is 11.3 Å². The summed E-state index contributed by atoms with van der Waals surface area (Å²) < 4.78 is 1.68. The summed E-state index contributed by atoms with van der Waals surface area (Å²) in [5.41, 5.74) is 1.48. The molecule has 0 saturated heterocycles. The highest BCUT2D eigenvalue weighted by molar-refractivity contribution is 7.14. The van der Waals surface area contributed by atoms with Crippen LogP contribution in [0.25, 0.3) is 5.82 Å². The standard InChI is InChI=1S/C20H25N5OS/c1-12(2)19-22-13(3)17(27-19)18(26)23-16-11-14(20(4,5)6)24-25(16)15-9-7-8-10-21-15/h7-12H,1-6H3,(H,23,26). The van der Waals surface area contributed by atoms with Crippen molar-refractivity contribution in [3.8, 4) is 5.82 Å². The molecule has 3 aromatic heterocycles. The SMILES string of the molecule is Cc1nc(C(C)C)sc1C(=O)Nc1cc(C(C)(C)C)nn1-c1ccccn1. The minimum atomic E-state index is -0.172. The highest BCUT2D eigenvalue weighted by Gasteiger charge is 2.23. The number of anilines is 1. The lowest BCUT2D eigenvalue weighted by molar-refractivity contribution is 0.102. The fraction of sp³-hybridized carbons (Fsp3) is 0.400. The molecule has 3 heterocycles. The monoisotopic (exact) mass is 383 g/mol. The first kappa shape index (κ1) is 19.2. The average Bonchev–Trinajstić information content (AvgIpc) is 3.19. The number of thiazole rings is 1. The van der Waals surface area contributed by atoms with Crippen molar-refractivity contribution in [1.29, 1.82) is 0 Å². The smallest absolute Gasteiger partial charge is 0.268 e. The van der Waals surface area contributed by atoms with E-state index in [9.17, 15) is 4.79 Å². The lowest BCUT2D eigenvalue weighted by atomic mass is 9.92. The van der Waals surface area contributed by atoms with Gasteiger partial charge in [0.2, 0.25) is 0 Å². The van der Waals surface area contributed by atoms with Crippen LogP contribution < -0.4 is 5.32 Å². The molecule has 0 aliphatic rings. The summed E-state index contributed by atoms with van der Waals surface area (Å²) in [6.07, 6.45) is 1.71. The molecule has 3 rings (SSSR count). The largest absolute Gasteiger partial charge is 0.306 e. The molecule has 1 amide bonds. The molecule has 0 radical (unpaired) electrons. The van der Waals surface area contributed by atoms with Crippen LogP contribution in [0.15, 0.2) is 30.5 Å². The van der Waals surface area contributed by atoms with Crippen LogP contribution in [-0.4, -0.2) is 25.7 Å². The number of pyridine rings is 1. The Bertz CT molecular complexity index is 951. The Morgan fingerprint density at radius 2 is 2.00 bits per heavy atom. The van der Waals surface area contributed by atoms with E-state index >= 15 is 0 Å². The maximum atomic E-state index is 12.9. The average molecular weight is 384 g/mol. The third kappa shape index (κ3) is 4.08. The van der Waals surface area contributed by atoms with Crippen molar-refractivity contribution in [2.24, 2.45) is 0 Å². The van der Waals surface area contributed by atoms with Crippen LogP contribution >= 0.6 is 11.3 Å². The first-order valence-electron chi connectivity index (χ1n) is 8.97. The molecule has 7 heteroatoms. The number of aryl methyl sites for hydroxylation is 1. The summed E-state index contributed by atoms with van der Waals surface area (Å²) in [5, 5.41) is 8.65. The number of hydrogen-bond donors (Lipinski definition) is 1. The number of hydrogen-bond acceptors (Lipinski definition) is 5. The molecule has 0 unspecified atom stereocenters. The predicted octanol–water partition coefficient (Wildman–Crippen LogP) is 4.71. The van der Waals surface area contributed by atoms with Crippen molar-refractivity contribution in [2.45, 2.75) is 52.9 Å². The van der Waals surface area contributed by atoms with Crippen LogP contribution in [0.5, 0.6) is 0 Å². The van der Waals surface area contributed by atoms with E-state index in [0.717, 1.165) is 16.4 Å². The zero-order valence-electron chi connectivity index (χ0n) is 16.6. The minimum absolute atomic E-state index is 0.148. The number of aromatic nitrogens is 4. The maximum Gasteiger partial charge on any atom is 0.268 e. The first-order valence-corrected chi connectivity index (χ1v) is 9.79. The molecule has 27 heavy (non-hydrogen) atoms. The molecule has 142 valence electrons. The summed E-state index contributed by atoms with van der Waals surface area (Å²) >= 11 is 1.44. The van der Waals surface area contributed by atoms with E-state index in [4.69, 9.17) is 0 Å². The zero-order chi connectivity index (χ0) is 19.8. The Labute approximate surface area is 163 Å². The Morgan fingerprint density at radius 1 is 1.26 bits per heavy atom. The number of amides is 1. The Balaban J connectivity index is 1.98. The van der Waals surface area contributed by atoms with Gasteiger partial charge >= 0.3 is 0 Å². The lowest BCUT2D eigenvalue weighted by Crippen LogP contribution is -2.15. The zero-order valence-corrected chi connectivity index (χ0v) is 17.4. The number of carbonyl (C=O) groups excluding carboxylic acids is 1. The van der Waals surface area contributed by atoms with Crippen LogP contribution in [0.3, 0.4) is 0 Å². The number of rotatable bonds is 4. The van der Waals surface area contributed by atoms with Crippen LogP contribution in [0.4, 0.5) is 5.82 Å². The van der Waals surface area contributed by atoms with E-state index in [2.05, 4.69) is 55.0 Å². The van der Waals surface area contributed by atoms with Crippen molar-refractivity contribution < 1.29 is 4.79 Å². The van der Waals surface area contributed by atoms with Gasteiger partial charge in [-0.05, 0) is 19.1 Å². The molecule has 1 N–H and O–H groups in total. The third-order valence-electron chi connectivity index (χ3n) is 4.10. The molecule has 0 saturated carbocycles. The molecule has 0 atom stereocenters. The van der Waals surface area contributed by atoms with Crippen molar-refractivity contribution in [1.82, 2.24) is 19.7 Å². The quantitative estimate of drug-likeness (QED) is 0.708. The van der Waals surface area contributed by atoms with E-state index in [1.54, 1.807) is 10.9 Å². The number of nitrogens with one attached hydrogen (secondary N) is 1. The molecular weight excluding hydrogens is 358 g/mol. The highest BCUT2D eigenvalue weighted by Crippen LogP contribution is 2.28. The topological polar surface area (TPSA) is 72.7 Å². The summed E-state index contributed by atoms with van der Waals surface area (Å²) in [4.78, 5) is 22.4. The van der Waals surface area contributed by atoms with Gasteiger partial charge in [0, 0.05) is 23.6 Å². The second-order valence-electron chi connectivity index (χ2n) is 7.84. The van der Waals surface area contributed by atoms with Crippen molar-refractivity contribution in [3.63, 3.8) is 0 Å². The van der Waals surface area contributed by atoms with Gasteiger partial charge in [0.25, 0.3) is 5.91 Å². The summed E-state index contributed by atoms with van der Waals surface area (Å²) in [5.74, 6) is 1.38. The highest BCUT2D eigenvalue weighted by atomic mass is 32.1. The van der Waals surface area contributed by atoms with Crippen LogP contribution in [-0.2, 0) is 5.41 Å². The van der Waals surface area contributed by atoms with E-state index in [0.29, 0.717) is 22.4 Å². The molecule has 3 aromatic rings. The molecular formula is C20H25N5OS. The summed E-state index contributed by atoms with van der Waals surface area (Å²) in [6.45, 7) is 12.3. The minimum Gasteiger partial charge on any atom is -0.306 e. The fourth-order valence-corrected chi connectivity index (χ4v) is 3.50. The van der Waals surface area contributed by atoms with E-state index < -0.39 is 0 Å². The normalized spacial score (nSPS) is 11.8. The molecule has 0 spiro atoms. The molecule has 0 aliphatic heterocycles. The van der Waals surface area contributed by atoms with Gasteiger partial charge in [0.1, 0.15) is 10.7 Å². The number of nitrogens with zero attached hydrogens (tertiary/aromatic N) is 4. The maximum absolute atomic E-state index is 12.9. The Morgan fingerprint density at radius 3 is 2.56 bits per heavy atom. The second-order valence-corrected chi connectivity index (χ2v) is 8.87. The summed E-state index contributed by atoms with van der Waals surface area (Å²) in [6, 6.07) is 7.52. The van der Waals surface area contributed by atoms with Crippen molar-refractivity contribution >= 4 is 23.1 Å². The number of carbonyl (C=O) groups is 1. The van der Waals surface area contributed by atoms with Gasteiger partial charge in [-0.3, -0.25) is 4.79 Å². The van der Waals surface area contributed by atoms with Gasteiger partial charge in [-0.15, -0.1) is 11.3 Å². The lowest BCUT2D eigenvalue weighted by Gasteiger charge is -2.13. The molecule has 0 bridgehead atoms. The van der Waals surface area contributed by atoms with Crippen LogP contribution in [0, 0.1) is 6.92 Å². The van der Waals surface area contributed by atoms with Gasteiger partial charge in [-0.1, -0.05) is 40.7 Å². The Hall–Kier alpha value is -2.54. The van der Waals surface area contributed by atoms with Gasteiger partial charge < -0.3 is 5.32 Å². The third-order valence-corrected chi connectivity index (χ3v) is 5.56. The van der Waals surface area contributed by atoms with Crippen molar-refractivity contribution in [2.75, 3.05) is 5.32 Å². The summed E-state index contributed by atoms with van der Waals surface area (Å²) in [7, 11) is 0.